The molecule has 3 N–H and O–H groups in total. The summed E-state index contributed by atoms with van der Waals surface area (Å²) in [5.74, 6) is -0.361. The number of rotatable bonds is 28. The van der Waals surface area contributed by atoms with E-state index in [1.54, 1.807) is 6.92 Å². The second kappa shape index (κ2) is 26.2. The third kappa shape index (κ3) is 25.2. The van der Waals surface area contributed by atoms with Crippen molar-refractivity contribution in [1.29, 1.82) is 0 Å². The number of quaternary nitrogens is 1. The van der Waals surface area contributed by atoms with E-state index in [0.717, 1.165) is 12.8 Å². The molecule has 0 aliphatic rings. The highest BCUT2D eigenvalue weighted by atomic mass is 31.2. The second-order valence-electron chi connectivity index (χ2n) is 10.1. The van der Waals surface area contributed by atoms with Crippen LogP contribution in [0.2, 0.25) is 0 Å². The maximum atomic E-state index is 12.0. The molecular weight excluding hydrogens is 477 g/mol. The molecule has 2 unspecified atom stereocenters. The molecule has 0 aliphatic heterocycles. The predicted molar refractivity (Wildman–Crippen MR) is 149 cm³/mol. The predicted octanol–water partition coefficient (Wildman–Crippen LogP) is 6.37. The fraction of sp³-hybridized carbons (Fsp3) is 0.964. The first-order valence-corrected chi connectivity index (χ1v) is 16.7. The fourth-order valence-corrected chi connectivity index (χ4v) is 5.20. The van der Waals surface area contributed by atoms with Gasteiger partial charge < -0.3 is 24.2 Å². The van der Waals surface area contributed by atoms with Gasteiger partial charge in [0.05, 0.1) is 33.0 Å². The van der Waals surface area contributed by atoms with Gasteiger partial charge in [-0.1, -0.05) is 117 Å². The number of esters is 1. The topological polar surface area (TPSA) is 98.7 Å². The number of unbranched alkanes of at least 4 members (excludes halogenated alkanes) is 16. The van der Waals surface area contributed by atoms with Crippen LogP contribution in [0.5, 0.6) is 0 Å². The molecule has 0 aromatic carbocycles. The number of nitrogens with two attached hydrogens (primary N) is 1. The summed E-state index contributed by atoms with van der Waals surface area (Å²) in [7, 11) is -1.84. The van der Waals surface area contributed by atoms with Gasteiger partial charge in [0.15, 0.2) is 0 Å². The Morgan fingerprint density at radius 1 is 0.778 bits per heavy atom. The largest absolute Gasteiger partial charge is 0.457 e. The van der Waals surface area contributed by atoms with Gasteiger partial charge in [-0.2, -0.15) is 0 Å². The SMILES string of the molecule is CCCCCCCCCCCCCCCCCCCOCC(COP(=O)(O)CC[NH2+]C)OC(=O)CC. The van der Waals surface area contributed by atoms with Crippen LogP contribution in [0.4, 0.5) is 0 Å². The first-order chi connectivity index (χ1) is 17.4. The van der Waals surface area contributed by atoms with Crippen LogP contribution >= 0.6 is 7.60 Å². The first-order valence-electron chi connectivity index (χ1n) is 15.0. The number of ether oxygens (including phenoxy) is 2. The molecule has 0 saturated carbocycles. The zero-order valence-corrected chi connectivity index (χ0v) is 24.7. The molecule has 0 spiro atoms. The summed E-state index contributed by atoms with van der Waals surface area (Å²) in [4.78, 5) is 21.5. The minimum absolute atomic E-state index is 0.0675. The van der Waals surface area contributed by atoms with Gasteiger partial charge in [0, 0.05) is 13.0 Å². The Hall–Kier alpha value is -0.460. The van der Waals surface area contributed by atoms with Gasteiger partial charge in [0.25, 0.3) is 0 Å². The molecule has 216 valence electrons. The average molecular weight is 537 g/mol. The van der Waals surface area contributed by atoms with Crippen LogP contribution in [0.1, 0.15) is 129 Å². The van der Waals surface area contributed by atoms with Crippen molar-refractivity contribution in [3.05, 3.63) is 0 Å². The summed E-state index contributed by atoms with van der Waals surface area (Å²) in [5, 5.41) is 1.82. The molecule has 0 aromatic heterocycles. The van der Waals surface area contributed by atoms with Crippen LogP contribution in [0.15, 0.2) is 0 Å². The Balaban J connectivity index is 3.63. The van der Waals surface area contributed by atoms with Gasteiger partial charge in [-0.3, -0.25) is 9.36 Å². The number of carbonyl (C=O) groups excluding carboxylic acids is 1. The minimum atomic E-state index is -3.67. The van der Waals surface area contributed by atoms with Crippen molar-refractivity contribution in [2.75, 3.05) is 39.6 Å². The quantitative estimate of drug-likeness (QED) is 0.0685. The minimum Gasteiger partial charge on any atom is -0.457 e. The molecule has 0 fully saturated rings. The highest BCUT2D eigenvalue weighted by Crippen LogP contribution is 2.40. The molecular formula is C28H59NO6P+. The average Bonchev–Trinajstić information content (AvgIpc) is 2.87. The van der Waals surface area contributed by atoms with Gasteiger partial charge in [0.2, 0.25) is 0 Å². The van der Waals surface area contributed by atoms with E-state index in [4.69, 9.17) is 14.0 Å². The number of hydrogen-bond acceptors (Lipinski definition) is 5. The molecule has 0 bridgehead atoms. The summed E-state index contributed by atoms with van der Waals surface area (Å²) in [5.41, 5.74) is 0. The molecule has 0 rings (SSSR count). The van der Waals surface area contributed by atoms with Crippen molar-refractivity contribution < 1.29 is 33.6 Å². The molecule has 0 amide bonds. The lowest BCUT2D eigenvalue weighted by Crippen LogP contribution is -2.80. The zero-order valence-electron chi connectivity index (χ0n) is 23.9. The molecule has 0 heterocycles. The normalized spacial score (nSPS) is 14.0. The molecule has 0 aliphatic carbocycles. The van der Waals surface area contributed by atoms with E-state index in [0.29, 0.717) is 13.2 Å². The van der Waals surface area contributed by atoms with Gasteiger partial charge in [-0.25, -0.2) is 0 Å². The van der Waals surface area contributed by atoms with E-state index in [9.17, 15) is 14.3 Å². The van der Waals surface area contributed by atoms with Crippen molar-refractivity contribution in [2.45, 2.75) is 136 Å². The van der Waals surface area contributed by atoms with Crippen molar-refractivity contribution >= 4 is 13.6 Å². The van der Waals surface area contributed by atoms with E-state index < -0.39 is 13.7 Å². The molecule has 36 heavy (non-hydrogen) atoms. The summed E-state index contributed by atoms with van der Waals surface area (Å²) in [6, 6.07) is 0. The lowest BCUT2D eigenvalue weighted by atomic mass is 10.0. The molecule has 8 heteroatoms. The van der Waals surface area contributed by atoms with Gasteiger partial charge >= 0.3 is 13.6 Å². The van der Waals surface area contributed by atoms with E-state index >= 15 is 0 Å². The third-order valence-electron chi connectivity index (χ3n) is 6.45. The molecule has 0 radical (unpaired) electrons. The van der Waals surface area contributed by atoms with Crippen molar-refractivity contribution in [3.8, 4) is 0 Å². The van der Waals surface area contributed by atoms with Crippen molar-refractivity contribution in [2.24, 2.45) is 0 Å². The van der Waals surface area contributed by atoms with Crippen LogP contribution in [0.25, 0.3) is 0 Å². The Morgan fingerprint density at radius 3 is 1.69 bits per heavy atom. The summed E-state index contributed by atoms with van der Waals surface area (Å²) >= 11 is 0. The summed E-state index contributed by atoms with van der Waals surface area (Å²) in [6.07, 6.45) is 22.4. The Labute approximate surface area is 222 Å². The first kappa shape index (κ1) is 35.5. The van der Waals surface area contributed by atoms with Crippen LogP contribution in [-0.4, -0.2) is 56.5 Å². The van der Waals surface area contributed by atoms with Crippen molar-refractivity contribution in [1.82, 2.24) is 0 Å². The van der Waals surface area contributed by atoms with Crippen LogP contribution in [0.3, 0.4) is 0 Å². The molecule has 0 saturated heterocycles. The van der Waals surface area contributed by atoms with E-state index in [-0.39, 0.29) is 31.8 Å². The Morgan fingerprint density at radius 2 is 1.25 bits per heavy atom. The maximum absolute atomic E-state index is 12.0. The standard InChI is InChI=1S/C28H58NO6P/c1-4-6-7-8-9-10-11-12-13-14-15-16-17-18-19-20-21-23-33-25-27(35-28(30)5-2)26-34-36(31,32)24-22-29-3/h27,29H,4-26H2,1-3H3,(H,31,32)/p+1. The Kier molecular flexibility index (Phi) is 25.8. The summed E-state index contributed by atoms with van der Waals surface area (Å²) < 4.78 is 28.2. The van der Waals surface area contributed by atoms with Crippen LogP contribution in [-0.2, 0) is 23.4 Å². The van der Waals surface area contributed by atoms with E-state index in [1.807, 2.05) is 12.4 Å². The van der Waals surface area contributed by atoms with Crippen molar-refractivity contribution in [3.63, 3.8) is 0 Å². The third-order valence-corrected chi connectivity index (χ3v) is 7.82. The monoisotopic (exact) mass is 536 g/mol. The molecule has 7 nitrogen and oxygen atoms in total. The van der Waals surface area contributed by atoms with Gasteiger partial charge in [0.1, 0.15) is 6.10 Å². The number of carbonyl (C=O) groups is 1. The highest BCUT2D eigenvalue weighted by Gasteiger charge is 2.24. The van der Waals surface area contributed by atoms with Crippen LogP contribution < -0.4 is 5.32 Å². The maximum Gasteiger partial charge on any atom is 0.333 e. The van der Waals surface area contributed by atoms with E-state index in [2.05, 4.69) is 6.92 Å². The van der Waals surface area contributed by atoms with Gasteiger partial charge in [-0.05, 0) is 6.42 Å². The lowest BCUT2D eigenvalue weighted by molar-refractivity contribution is -0.622. The second-order valence-corrected chi connectivity index (χ2v) is 12.0. The highest BCUT2D eigenvalue weighted by molar-refractivity contribution is 7.52. The lowest BCUT2D eigenvalue weighted by Gasteiger charge is -2.19. The summed E-state index contributed by atoms with van der Waals surface area (Å²) in [6.45, 7) is 5.15. The smallest absolute Gasteiger partial charge is 0.333 e. The van der Waals surface area contributed by atoms with E-state index in [1.165, 1.54) is 96.3 Å². The fourth-order valence-electron chi connectivity index (χ4n) is 4.09. The molecule has 0 aromatic rings. The van der Waals surface area contributed by atoms with Crippen LogP contribution in [0, 0.1) is 0 Å². The molecule has 2 atom stereocenters. The number of hydrogen-bond donors (Lipinski definition) is 2. The van der Waals surface area contributed by atoms with Gasteiger partial charge in [-0.15, -0.1) is 0 Å². The zero-order chi connectivity index (χ0) is 26.7. The Bertz CT molecular complexity index is 534.